The Balaban J connectivity index is 1.88. The molecule has 0 saturated carbocycles. The zero-order valence-electron chi connectivity index (χ0n) is 11.8. The minimum Gasteiger partial charge on any atom is -0.330 e. The van der Waals surface area contributed by atoms with Crippen molar-refractivity contribution in [2.75, 3.05) is 26.2 Å². The van der Waals surface area contributed by atoms with Crippen molar-refractivity contribution in [3.8, 4) is 0 Å². The summed E-state index contributed by atoms with van der Waals surface area (Å²) in [7, 11) is 0. The maximum Gasteiger partial charge on any atom is 0.00221 e. The molecule has 0 atom stereocenters. The first-order valence-corrected chi connectivity index (χ1v) is 7.10. The lowest BCUT2D eigenvalue weighted by Gasteiger charge is -2.27. The van der Waals surface area contributed by atoms with E-state index in [1.165, 1.54) is 50.0 Å². The first-order valence-electron chi connectivity index (χ1n) is 7.10. The Kier molecular flexibility index (Phi) is 4.41. The second-order valence-corrected chi connectivity index (χ2v) is 6.23. The van der Waals surface area contributed by atoms with E-state index in [1.807, 2.05) is 0 Å². The number of nitrogens with two attached hydrogens (primary N) is 1. The smallest absolute Gasteiger partial charge is 0.00221 e. The van der Waals surface area contributed by atoms with Crippen molar-refractivity contribution in [3.05, 3.63) is 35.4 Å². The Bertz CT molecular complexity index is 357. The van der Waals surface area contributed by atoms with E-state index < -0.39 is 0 Å². The van der Waals surface area contributed by atoms with Crippen LogP contribution in [0.3, 0.4) is 0 Å². The van der Waals surface area contributed by atoms with Gasteiger partial charge in [-0.3, -0.25) is 0 Å². The van der Waals surface area contributed by atoms with E-state index in [2.05, 4.69) is 43.0 Å². The van der Waals surface area contributed by atoms with Crippen LogP contribution in [0.1, 0.15) is 31.4 Å². The van der Waals surface area contributed by atoms with Gasteiger partial charge < -0.3 is 10.6 Å². The topological polar surface area (TPSA) is 29.3 Å². The minimum absolute atomic E-state index is 0.277. The van der Waals surface area contributed by atoms with Gasteiger partial charge in [0.25, 0.3) is 0 Å². The van der Waals surface area contributed by atoms with Crippen LogP contribution in [0, 0.1) is 5.41 Å². The van der Waals surface area contributed by atoms with Gasteiger partial charge in [0.1, 0.15) is 0 Å². The molecule has 1 aromatic carbocycles. The molecule has 0 aliphatic carbocycles. The molecule has 0 radical (unpaired) electrons. The Hall–Kier alpha value is -0.860. The van der Waals surface area contributed by atoms with Gasteiger partial charge in [-0.05, 0) is 48.9 Å². The van der Waals surface area contributed by atoms with E-state index >= 15 is 0 Å². The average Bonchev–Trinajstić information content (AvgIpc) is 2.59. The first kappa shape index (κ1) is 13.6. The van der Waals surface area contributed by atoms with Gasteiger partial charge in [0.15, 0.2) is 0 Å². The molecule has 0 unspecified atom stereocenters. The molecule has 1 aliphatic rings. The first-order chi connectivity index (χ1) is 8.61. The summed E-state index contributed by atoms with van der Waals surface area (Å²) in [4.78, 5) is 2.59. The number of benzene rings is 1. The summed E-state index contributed by atoms with van der Waals surface area (Å²) >= 11 is 0. The lowest BCUT2D eigenvalue weighted by Crippen LogP contribution is -2.33. The molecule has 0 amide bonds. The Labute approximate surface area is 111 Å². The number of nitrogens with zero attached hydrogens (tertiary/aromatic N) is 1. The van der Waals surface area contributed by atoms with Crippen LogP contribution in [0.15, 0.2) is 24.3 Å². The summed E-state index contributed by atoms with van der Waals surface area (Å²) in [5.74, 6) is 0. The van der Waals surface area contributed by atoms with Crippen molar-refractivity contribution < 1.29 is 0 Å². The largest absolute Gasteiger partial charge is 0.330 e. The van der Waals surface area contributed by atoms with Crippen molar-refractivity contribution >= 4 is 0 Å². The van der Waals surface area contributed by atoms with Crippen LogP contribution in [-0.2, 0) is 12.8 Å². The predicted molar refractivity (Wildman–Crippen MR) is 77.7 cm³/mol. The third-order valence-electron chi connectivity index (χ3n) is 4.17. The van der Waals surface area contributed by atoms with Crippen molar-refractivity contribution in [3.63, 3.8) is 0 Å². The van der Waals surface area contributed by atoms with E-state index in [9.17, 15) is 0 Å². The molecule has 0 aromatic heterocycles. The highest BCUT2D eigenvalue weighted by Crippen LogP contribution is 2.20. The van der Waals surface area contributed by atoms with Gasteiger partial charge in [0.05, 0.1) is 0 Å². The third-order valence-corrected chi connectivity index (χ3v) is 4.17. The average molecular weight is 246 g/mol. The van der Waals surface area contributed by atoms with Crippen LogP contribution in [0.5, 0.6) is 0 Å². The van der Waals surface area contributed by atoms with Gasteiger partial charge in [0.2, 0.25) is 0 Å². The summed E-state index contributed by atoms with van der Waals surface area (Å²) in [6, 6.07) is 8.88. The maximum absolute atomic E-state index is 5.80. The molecular weight excluding hydrogens is 220 g/mol. The quantitative estimate of drug-likeness (QED) is 0.884. The third kappa shape index (κ3) is 3.56. The Morgan fingerprint density at radius 2 is 1.67 bits per heavy atom. The number of fused-ring (bicyclic) bond motifs is 1. The molecule has 1 aromatic rings. The summed E-state index contributed by atoms with van der Waals surface area (Å²) in [5.41, 5.74) is 9.16. The van der Waals surface area contributed by atoms with E-state index in [1.54, 1.807) is 0 Å². The highest BCUT2D eigenvalue weighted by atomic mass is 15.1. The second kappa shape index (κ2) is 5.85. The minimum atomic E-state index is 0.277. The normalized spacial score (nSPS) is 17.3. The van der Waals surface area contributed by atoms with Crippen LogP contribution in [0.2, 0.25) is 0 Å². The molecule has 2 rings (SSSR count). The molecule has 0 bridgehead atoms. The van der Waals surface area contributed by atoms with E-state index in [-0.39, 0.29) is 5.41 Å². The van der Waals surface area contributed by atoms with Crippen LogP contribution in [-0.4, -0.2) is 31.1 Å². The zero-order valence-corrected chi connectivity index (χ0v) is 11.8. The fourth-order valence-electron chi connectivity index (χ4n) is 2.50. The van der Waals surface area contributed by atoms with Gasteiger partial charge >= 0.3 is 0 Å². The number of hydrogen-bond donors (Lipinski definition) is 1. The summed E-state index contributed by atoms with van der Waals surface area (Å²) in [5, 5.41) is 0. The van der Waals surface area contributed by atoms with Crippen molar-refractivity contribution in [2.24, 2.45) is 11.1 Å². The highest BCUT2D eigenvalue weighted by Gasteiger charge is 2.19. The van der Waals surface area contributed by atoms with Crippen LogP contribution >= 0.6 is 0 Å². The van der Waals surface area contributed by atoms with Crippen LogP contribution in [0.25, 0.3) is 0 Å². The van der Waals surface area contributed by atoms with E-state index in [0.29, 0.717) is 0 Å². The molecule has 0 spiro atoms. The molecule has 1 heterocycles. The van der Waals surface area contributed by atoms with Crippen LogP contribution in [0.4, 0.5) is 0 Å². The predicted octanol–water partition coefficient (Wildman–Crippen LogP) is 2.46. The second-order valence-electron chi connectivity index (χ2n) is 6.23. The summed E-state index contributed by atoms with van der Waals surface area (Å²) < 4.78 is 0. The lowest BCUT2D eigenvalue weighted by atomic mass is 9.89. The van der Waals surface area contributed by atoms with Crippen molar-refractivity contribution in [2.45, 2.75) is 33.1 Å². The standard InChI is InChI=1S/C16H26N2/c1-16(2,13-17)9-12-18-10-7-14-5-3-4-6-15(14)8-11-18/h3-6H,7-13,17H2,1-2H3. The molecular formula is C16H26N2. The molecule has 2 N–H and O–H groups in total. The van der Waals surface area contributed by atoms with Gasteiger partial charge in [-0.1, -0.05) is 38.1 Å². The summed E-state index contributed by atoms with van der Waals surface area (Å²) in [6.07, 6.45) is 3.58. The fourth-order valence-corrected chi connectivity index (χ4v) is 2.50. The number of hydrogen-bond acceptors (Lipinski definition) is 2. The molecule has 0 fully saturated rings. The SMILES string of the molecule is CC(C)(CN)CCN1CCc2ccccc2CC1. The molecule has 2 heteroatoms. The molecule has 100 valence electrons. The van der Waals surface area contributed by atoms with E-state index in [4.69, 9.17) is 5.73 Å². The zero-order chi connectivity index (χ0) is 13.0. The van der Waals surface area contributed by atoms with Gasteiger partial charge in [-0.2, -0.15) is 0 Å². The number of rotatable bonds is 4. The molecule has 0 saturated heterocycles. The van der Waals surface area contributed by atoms with Crippen LogP contribution < -0.4 is 5.73 Å². The van der Waals surface area contributed by atoms with Gasteiger partial charge in [0, 0.05) is 13.1 Å². The van der Waals surface area contributed by atoms with Crippen molar-refractivity contribution in [1.82, 2.24) is 4.90 Å². The van der Waals surface area contributed by atoms with Gasteiger partial charge in [-0.25, -0.2) is 0 Å². The van der Waals surface area contributed by atoms with Crippen molar-refractivity contribution in [1.29, 1.82) is 0 Å². The summed E-state index contributed by atoms with van der Waals surface area (Å²) in [6.45, 7) is 8.87. The monoisotopic (exact) mass is 246 g/mol. The Morgan fingerprint density at radius 1 is 1.11 bits per heavy atom. The highest BCUT2D eigenvalue weighted by molar-refractivity contribution is 5.28. The fraction of sp³-hybridized carbons (Fsp3) is 0.625. The molecule has 2 nitrogen and oxygen atoms in total. The van der Waals surface area contributed by atoms with E-state index in [0.717, 1.165) is 6.54 Å². The lowest BCUT2D eigenvalue weighted by molar-refractivity contribution is 0.228. The van der Waals surface area contributed by atoms with Gasteiger partial charge in [-0.15, -0.1) is 0 Å². The maximum atomic E-state index is 5.80. The molecule has 18 heavy (non-hydrogen) atoms. The molecule has 1 aliphatic heterocycles. The Morgan fingerprint density at radius 3 is 2.17 bits per heavy atom.